The summed E-state index contributed by atoms with van der Waals surface area (Å²) in [5.74, 6) is 0.799. The SMILES string of the molecule is Cc1nn(C)cc1CN1CCCC(CNC(C)C)C1. The third-order valence-electron chi connectivity index (χ3n) is 3.93. The van der Waals surface area contributed by atoms with E-state index in [9.17, 15) is 0 Å². The summed E-state index contributed by atoms with van der Waals surface area (Å²) in [5.41, 5.74) is 2.55. The maximum Gasteiger partial charge on any atom is 0.0638 e. The number of hydrogen-bond donors (Lipinski definition) is 1. The number of nitrogens with one attached hydrogen (secondary N) is 1. The van der Waals surface area contributed by atoms with Crippen molar-refractivity contribution in [1.82, 2.24) is 20.0 Å². The van der Waals surface area contributed by atoms with Crippen molar-refractivity contribution in [3.8, 4) is 0 Å². The van der Waals surface area contributed by atoms with Crippen molar-refractivity contribution in [1.29, 1.82) is 0 Å². The Balaban J connectivity index is 1.85. The summed E-state index contributed by atoms with van der Waals surface area (Å²) >= 11 is 0. The topological polar surface area (TPSA) is 33.1 Å². The average Bonchev–Trinajstić information content (AvgIpc) is 2.66. The summed E-state index contributed by atoms with van der Waals surface area (Å²) in [6, 6.07) is 0.593. The predicted octanol–water partition coefficient (Wildman–Crippen LogP) is 1.94. The van der Waals surface area contributed by atoms with Gasteiger partial charge in [-0.15, -0.1) is 0 Å². The first-order chi connectivity index (χ1) is 9.04. The fourth-order valence-corrected chi connectivity index (χ4v) is 2.91. The number of piperidine rings is 1. The van der Waals surface area contributed by atoms with Crippen molar-refractivity contribution >= 4 is 0 Å². The summed E-state index contributed by atoms with van der Waals surface area (Å²) in [5, 5.41) is 8.00. The van der Waals surface area contributed by atoms with Crippen molar-refractivity contribution in [2.75, 3.05) is 19.6 Å². The first-order valence-corrected chi connectivity index (χ1v) is 7.49. The molecule has 108 valence electrons. The van der Waals surface area contributed by atoms with Crippen LogP contribution in [0.1, 0.15) is 37.9 Å². The largest absolute Gasteiger partial charge is 0.314 e. The highest BCUT2D eigenvalue weighted by atomic mass is 15.3. The Morgan fingerprint density at radius 2 is 2.26 bits per heavy atom. The standard InChI is InChI=1S/C15H28N4/c1-12(2)16-8-14-6-5-7-19(9-14)11-15-10-18(4)17-13(15)3/h10,12,14,16H,5-9,11H2,1-4H3. The number of hydrogen-bond acceptors (Lipinski definition) is 3. The van der Waals surface area contributed by atoms with E-state index in [-0.39, 0.29) is 0 Å². The molecule has 2 heterocycles. The zero-order valence-corrected chi connectivity index (χ0v) is 12.8. The van der Waals surface area contributed by atoms with Crippen LogP contribution in [-0.2, 0) is 13.6 Å². The van der Waals surface area contributed by atoms with E-state index >= 15 is 0 Å². The van der Waals surface area contributed by atoms with E-state index < -0.39 is 0 Å². The van der Waals surface area contributed by atoms with Gasteiger partial charge in [-0.25, -0.2) is 0 Å². The quantitative estimate of drug-likeness (QED) is 0.882. The van der Waals surface area contributed by atoms with E-state index in [1.807, 2.05) is 11.7 Å². The van der Waals surface area contributed by atoms with Crippen molar-refractivity contribution in [2.45, 2.75) is 46.2 Å². The van der Waals surface area contributed by atoms with Gasteiger partial charge in [0, 0.05) is 37.9 Å². The molecule has 1 aromatic heterocycles. The van der Waals surface area contributed by atoms with E-state index in [4.69, 9.17) is 0 Å². The van der Waals surface area contributed by atoms with Gasteiger partial charge in [0.05, 0.1) is 5.69 Å². The second-order valence-electron chi connectivity index (χ2n) is 6.22. The number of nitrogens with zero attached hydrogens (tertiary/aromatic N) is 3. The molecule has 0 saturated carbocycles. The highest BCUT2D eigenvalue weighted by molar-refractivity contribution is 5.15. The first-order valence-electron chi connectivity index (χ1n) is 7.49. The second kappa shape index (κ2) is 6.53. The highest BCUT2D eigenvalue weighted by Crippen LogP contribution is 2.19. The van der Waals surface area contributed by atoms with Gasteiger partial charge in [-0.2, -0.15) is 5.10 Å². The number of likely N-dealkylation sites (tertiary alicyclic amines) is 1. The van der Waals surface area contributed by atoms with Gasteiger partial charge in [0.1, 0.15) is 0 Å². The Morgan fingerprint density at radius 1 is 1.47 bits per heavy atom. The molecule has 4 nitrogen and oxygen atoms in total. The zero-order chi connectivity index (χ0) is 13.8. The Bertz CT molecular complexity index is 397. The van der Waals surface area contributed by atoms with Crippen LogP contribution in [0.4, 0.5) is 0 Å². The fourth-order valence-electron chi connectivity index (χ4n) is 2.91. The molecule has 1 atom stereocenters. The van der Waals surface area contributed by atoms with E-state index in [0.29, 0.717) is 6.04 Å². The van der Waals surface area contributed by atoms with Crippen LogP contribution in [0, 0.1) is 12.8 Å². The van der Waals surface area contributed by atoms with E-state index in [2.05, 4.69) is 42.3 Å². The maximum atomic E-state index is 4.43. The molecule has 1 saturated heterocycles. The van der Waals surface area contributed by atoms with Crippen LogP contribution in [0.3, 0.4) is 0 Å². The lowest BCUT2D eigenvalue weighted by molar-refractivity contribution is 0.163. The molecule has 0 amide bonds. The highest BCUT2D eigenvalue weighted by Gasteiger charge is 2.20. The summed E-state index contributed by atoms with van der Waals surface area (Å²) in [4.78, 5) is 2.58. The molecule has 1 N–H and O–H groups in total. The molecule has 4 heteroatoms. The molecular weight excluding hydrogens is 236 g/mol. The monoisotopic (exact) mass is 264 g/mol. The molecule has 0 bridgehead atoms. The molecule has 1 fully saturated rings. The third kappa shape index (κ3) is 4.32. The van der Waals surface area contributed by atoms with E-state index in [1.165, 1.54) is 37.2 Å². The van der Waals surface area contributed by atoms with Crippen LogP contribution < -0.4 is 5.32 Å². The van der Waals surface area contributed by atoms with Crippen LogP contribution in [0.15, 0.2) is 6.20 Å². The van der Waals surface area contributed by atoms with Crippen molar-refractivity contribution in [3.63, 3.8) is 0 Å². The lowest BCUT2D eigenvalue weighted by Crippen LogP contribution is -2.40. The Labute approximate surface area is 117 Å². The van der Waals surface area contributed by atoms with Gasteiger partial charge in [0.2, 0.25) is 0 Å². The minimum atomic E-state index is 0.593. The van der Waals surface area contributed by atoms with Gasteiger partial charge >= 0.3 is 0 Å². The molecule has 0 aliphatic carbocycles. The molecule has 0 radical (unpaired) electrons. The van der Waals surface area contributed by atoms with Crippen LogP contribution in [0.25, 0.3) is 0 Å². The van der Waals surface area contributed by atoms with E-state index in [1.54, 1.807) is 0 Å². The molecule has 19 heavy (non-hydrogen) atoms. The third-order valence-corrected chi connectivity index (χ3v) is 3.93. The van der Waals surface area contributed by atoms with Gasteiger partial charge in [-0.1, -0.05) is 13.8 Å². The molecule has 2 rings (SSSR count). The van der Waals surface area contributed by atoms with Gasteiger partial charge in [0.25, 0.3) is 0 Å². The fraction of sp³-hybridized carbons (Fsp3) is 0.800. The Hall–Kier alpha value is -0.870. The molecule has 1 aliphatic heterocycles. The van der Waals surface area contributed by atoms with Gasteiger partial charge < -0.3 is 5.32 Å². The van der Waals surface area contributed by atoms with Crippen molar-refractivity contribution in [2.24, 2.45) is 13.0 Å². The molecule has 1 unspecified atom stereocenters. The summed E-state index contributed by atoms with van der Waals surface area (Å²) < 4.78 is 1.92. The average molecular weight is 264 g/mol. The van der Waals surface area contributed by atoms with Crippen LogP contribution in [0.5, 0.6) is 0 Å². The van der Waals surface area contributed by atoms with Crippen molar-refractivity contribution < 1.29 is 0 Å². The number of aryl methyl sites for hydroxylation is 2. The minimum absolute atomic E-state index is 0.593. The predicted molar refractivity (Wildman–Crippen MR) is 79.1 cm³/mol. The maximum absolute atomic E-state index is 4.43. The summed E-state index contributed by atoms with van der Waals surface area (Å²) in [6.07, 6.45) is 4.84. The van der Waals surface area contributed by atoms with Gasteiger partial charge in [-0.05, 0) is 38.8 Å². The molecule has 0 aromatic carbocycles. The number of aromatic nitrogens is 2. The molecule has 0 spiro atoms. The lowest BCUT2D eigenvalue weighted by atomic mass is 9.97. The summed E-state index contributed by atoms with van der Waals surface area (Å²) in [6.45, 7) is 11.2. The summed E-state index contributed by atoms with van der Waals surface area (Å²) in [7, 11) is 2.00. The van der Waals surface area contributed by atoms with E-state index in [0.717, 1.165) is 19.0 Å². The number of rotatable bonds is 5. The van der Waals surface area contributed by atoms with Crippen LogP contribution >= 0.6 is 0 Å². The normalized spacial score (nSPS) is 21.2. The molecule has 1 aromatic rings. The molecule has 1 aliphatic rings. The lowest BCUT2D eigenvalue weighted by Gasteiger charge is -2.33. The minimum Gasteiger partial charge on any atom is -0.314 e. The van der Waals surface area contributed by atoms with Crippen molar-refractivity contribution in [3.05, 3.63) is 17.5 Å². The Morgan fingerprint density at radius 3 is 2.89 bits per heavy atom. The van der Waals surface area contributed by atoms with Crippen LogP contribution in [-0.4, -0.2) is 40.4 Å². The smallest absolute Gasteiger partial charge is 0.0638 e. The van der Waals surface area contributed by atoms with Gasteiger partial charge in [-0.3, -0.25) is 9.58 Å². The zero-order valence-electron chi connectivity index (χ0n) is 12.8. The second-order valence-corrected chi connectivity index (χ2v) is 6.22. The Kier molecular flexibility index (Phi) is 4.99. The molecular formula is C15H28N4. The van der Waals surface area contributed by atoms with Gasteiger partial charge in [0.15, 0.2) is 0 Å². The first kappa shape index (κ1) is 14.5. The van der Waals surface area contributed by atoms with Crippen LogP contribution in [0.2, 0.25) is 0 Å².